The van der Waals surface area contributed by atoms with E-state index >= 15 is 0 Å². The predicted octanol–water partition coefficient (Wildman–Crippen LogP) is 1.76. The lowest BCUT2D eigenvalue weighted by molar-refractivity contribution is 0.0952. The van der Waals surface area contributed by atoms with Gasteiger partial charge in [-0.15, -0.1) is 11.3 Å². The first-order chi connectivity index (χ1) is 8.08. The number of nitrogens with zero attached hydrogens (tertiary/aromatic N) is 2. The molecule has 0 saturated heterocycles. The number of anilines is 1. The Morgan fingerprint density at radius 3 is 2.94 bits per heavy atom. The van der Waals surface area contributed by atoms with Gasteiger partial charge in [0.15, 0.2) is 0 Å². The summed E-state index contributed by atoms with van der Waals surface area (Å²) in [7, 11) is 1.70. The normalized spacial score (nSPS) is 10.5. The molecule has 5 nitrogen and oxygen atoms in total. The Hall–Kier alpha value is -1.34. The number of rotatable bonds is 3. The highest BCUT2D eigenvalue weighted by Crippen LogP contribution is 2.21. The van der Waals surface area contributed by atoms with E-state index in [1.165, 1.54) is 10.9 Å². The average Bonchev–Trinajstić information content (AvgIpc) is 2.84. The molecule has 0 bridgehead atoms. The number of amides is 1. The summed E-state index contributed by atoms with van der Waals surface area (Å²) >= 11 is 4.96. The maximum absolute atomic E-state index is 11.8. The number of thiophene rings is 1. The standard InChI is InChI=1S/C10H11BrN4OS/c1-15-9(12)7(5-14-15)10(16)13-4-6-2-3-8(11)17-6/h2-3,5H,4,12H2,1H3,(H,13,16). The van der Waals surface area contributed by atoms with Gasteiger partial charge in [0, 0.05) is 11.9 Å². The van der Waals surface area contributed by atoms with Crippen molar-refractivity contribution < 1.29 is 4.79 Å². The fourth-order valence-electron chi connectivity index (χ4n) is 1.33. The van der Waals surface area contributed by atoms with E-state index in [0.717, 1.165) is 8.66 Å². The number of carbonyl (C=O) groups is 1. The molecule has 0 atom stereocenters. The van der Waals surface area contributed by atoms with E-state index in [2.05, 4.69) is 26.3 Å². The number of nitrogen functional groups attached to an aromatic ring is 1. The number of nitrogens with one attached hydrogen (secondary N) is 1. The molecule has 0 aromatic carbocycles. The maximum Gasteiger partial charge on any atom is 0.256 e. The summed E-state index contributed by atoms with van der Waals surface area (Å²) in [5.41, 5.74) is 6.12. The van der Waals surface area contributed by atoms with E-state index in [9.17, 15) is 4.79 Å². The van der Waals surface area contributed by atoms with Crippen molar-refractivity contribution in [2.75, 3.05) is 5.73 Å². The molecule has 0 aliphatic carbocycles. The first-order valence-electron chi connectivity index (χ1n) is 4.88. The molecule has 0 unspecified atom stereocenters. The molecule has 1 amide bonds. The van der Waals surface area contributed by atoms with Crippen molar-refractivity contribution in [3.63, 3.8) is 0 Å². The van der Waals surface area contributed by atoms with Crippen molar-refractivity contribution >= 4 is 39.0 Å². The van der Waals surface area contributed by atoms with Crippen LogP contribution >= 0.6 is 27.3 Å². The van der Waals surface area contributed by atoms with E-state index in [-0.39, 0.29) is 5.91 Å². The van der Waals surface area contributed by atoms with Gasteiger partial charge in [0.25, 0.3) is 5.91 Å². The number of hydrogen-bond acceptors (Lipinski definition) is 4. The highest BCUT2D eigenvalue weighted by molar-refractivity contribution is 9.11. The van der Waals surface area contributed by atoms with Crippen molar-refractivity contribution in [1.29, 1.82) is 0 Å². The lowest BCUT2D eigenvalue weighted by Crippen LogP contribution is -2.23. The minimum absolute atomic E-state index is 0.208. The molecule has 0 fully saturated rings. The lowest BCUT2D eigenvalue weighted by atomic mass is 10.3. The Bertz CT molecular complexity index is 548. The third kappa shape index (κ3) is 2.67. The molecule has 2 aromatic rings. The van der Waals surface area contributed by atoms with E-state index in [0.29, 0.717) is 17.9 Å². The molecule has 17 heavy (non-hydrogen) atoms. The van der Waals surface area contributed by atoms with Gasteiger partial charge in [0.05, 0.1) is 16.5 Å². The van der Waals surface area contributed by atoms with Crippen molar-refractivity contribution in [2.24, 2.45) is 7.05 Å². The van der Waals surface area contributed by atoms with Gasteiger partial charge in [-0.2, -0.15) is 5.10 Å². The van der Waals surface area contributed by atoms with Crippen LogP contribution in [0.4, 0.5) is 5.82 Å². The fourth-order valence-corrected chi connectivity index (χ4v) is 2.75. The lowest BCUT2D eigenvalue weighted by Gasteiger charge is -2.02. The Kier molecular flexibility index (Phi) is 3.49. The zero-order chi connectivity index (χ0) is 12.4. The zero-order valence-electron chi connectivity index (χ0n) is 9.11. The Morgan fingerprint density at radius 1 is 1.65 bits per heavy atom. The van der Waals surface area contributed by atoms with Crippen LogP contribution < -0.4 is 11.1 Å². The third-order valence-electron chi connectivity index (χ3n) is 2.28. The quantitative estimate of drug-likeness (QED) is 0.906. The number of nitrogens with two attached hydrogens (primary N) is 1. The summed E-state index contributed by atoms with van der Waals surface area (Å²) in [6.07, 6.45) is 1.47. The Morgan fingerprint density at radius 2 is 2.41 bits per heavy atom. The maximum atomic E-state index is 11.8. The highest BCUT2D eigenvalue weighted by atomic mass is 79.9. The van der Waals surface area contributed by atoms with Crippen molar-refractivity contribution in [3.8, 4) is 0 Å². The molecule has 2 rings (SSSR count). The van der Waals surface area contributed by atoms with Crippen LogP contribution in [0.1, 0.15) is 15.2 Å². The molecule has 0 aliphatic heterocycles. The largest absolute Gasteiger partial charge is 0.383 e. The fraction of sp³-hybridized carbons (Fsp3) is 0.200. The number of halogens is 1. The van der Waals surface area contributed by atoms with Gasteiger partial charge in [-0.05, 0) is 28.1 Å². The van der Waals surface area contributed by atoms with Crippen LogP contribution in [0.15, 0.2) is 22.1 Å². The van der Waals surface area contributed by atoms with Gasteiger partial charge in [-0.25, -0.2) is 0 Å². The second-order valence-electron chi connectivity index (χ2n) is 3.46. The van der Waals surface area contributed by atoms with Crippen LogP contribution in [-0.2, 0) is 13.6 Å². The van der Waals surface area contributed by atoms with Crippen molar-refractivity contribution in [1.82, 2.24) is 15.1 Å². The number of hydrogen-bond donors (Lipinski definition) is 2. The van der Waals surface area contributed by atoms with Crippen LogP contribution in [0.25, 0.3) is 0 Å². The first-order valence-corrected chi connectivity index (χ1v) is 6.49. The van der Waals surface area contributed by atoms with E-state index in [1.54, 1.807) is 18.4 Å². The third-order valence-corrected chi connectivity index (χ3v) is 3.90. The topological polar surface area (TPSA) is 72.9 Å². The summed E-state index contributed by atoms with van der Waals surface area (Å²) in [5, 5.41) is 6.72. The molecule has 3 N–H and O–H groups in total. The molecule has 0 aliphatic rings. The van der Waals surface area contributed by atoms with Gasteiger partial charge in [-0.3, -0.25) is 9.48 Å². The summed E-state index contributed by atoms with van der Waals surface area (Å²) in [6.45, 7) is 0.490. The van der Waals surface area contributed by atoms with Crippen LogP contribution in [0.2, 0.25) is 0 Å². The van der Waals surface area contributed by atoms with Crippen molar-refractivity contribution in [2.45, 2.75) is 6.54 Å². The molecule has 0 saturated carbocycles. The zero-order valence-corrected chi connectivity index (χ0v) is 11.5. The smallest absolute Gasteiger partial charge is 0.256 e. The molecule has 0 radical (unpaired) electrons. The predicted molar refractivity (Wildman–Crippen MR) is 70.8 cm³/mol. The molecule has 0 spiro atoms. The van der Waals surface area contributed by atoms with E-state index in [4.69, 9.17) is 5.73 Å². The van der Waals surface area contributed by atoms with E-state index < -0.39 is 0 Å². The molecule has 7 heteroatoms. The monoisotopic (exact) mass is 314 g/mol. The summed E-state index contributed by atoms with van der Waals surface area (Å²) in [4.78, 5) is 12.9. The van der Waals surface area contributed by atoms with Gasteiger partial charge in [0.1, 0.15) is 11.4 Å². The Labute approximate surface area is 111 Å². The summed E-state index contributed by atoms with van der Waals surface area (Å²) in [6, 6.07) is 3.91. The summed E-state index contributed by atoms with van der Waals surface area (Å²) in [5.74, 6) is 0.162. The van der Waals surface area contributed by atoms with Gasteiger partial charge >= 0.3 is 0 Å². The van der Waals surface area contributed by atoms with Crippen LogP contribution in [-0.4, -0.2) is 15.7 Å². The van der Waals surface area contributed by atoms with Crippen LogP contribution in [0, 0.1) is 0 Å². The first kappa shape index (κ1) is 12.1. The van der Waals surface area contributed by atoms with Gasteiger partial charge in [-0.1, -0.05) is 0 Å². The second-order valence-corrected chi connectivity index (χ2v) is 6.00. The SMILES string of the molecule is Cn1ncc(C(=O)NCc2ccc(Br)s2)c1N. The Balaban J connectivity index is 2.00. The number of carbonyl (C=O) groups excluding carboxylic acids is 1. The number of aromatic nitrogens is 2. The molecule has 2 aromatic heterocycles. The van der Waals surface area contributed by atoms with Gasteiger partial charge in [0.2, 0.25) is 0 Å². The minimum atomic E-state index is -0.208. The average molecular weight is 315 g/mol. The number of aryl methyl sites for hydroxylation is 1. The molecular formula is C10H11BrN4OS. The summed E-state index contributed by atoms with van der Waals surface area (Å²) < 4.78 is 2.51. The van der Waals surface area contributed by atoms with Crippen LogP contribution in [0.3, 0.4) is 0 Å². The molecule has 90 valence electrons. The highest BCUT2D eigenvalue weighted by Gasteiger charge is 2.13. The van der Waals surface area contributed by atoms with Crippen LogP contribution in [0.5, 0.6) is 0 Å². The van der Waals surface area contributed by atoms with Crippen molar-refractivity contribution in [3.05, 3.63) is 32.6 Å². The van der Waals surface area contributed by atoms with E-state index in [1.807, 2.05) is 12.1 Å². The second kappa shape index (κ2) is 4.89. The molecular weight excluding hydrogens is 304 g/mol. The minimum Gasteiger partial charge on any atom is -0.383 e. The molecule has 2 heterocycles. The van der Waals surface area contributed by atoms with Gasteiger partial charge < -0.3 is 11.1 Å².